The van der Waals surface area contributed by atoms with E-state index in [-0.39, 0.29) is 23.1 Å². The number of hydrogen-bond acceptors (Lipinski definition) is 5. The Morgan fingerprint density at radius 3 is 1.56 bits per heavy atom. The normalized spacial score (nSPS) is 11.0. The first kappa shape index (κ1) is 21.2. The van der Waals surface area contributed by atoms with Crippen molar-refractivity contribution in [3.05, 3.63) is 77.0 Å². The fourth-order valence-electron chi connectivity index (χ4n) is 4.28. The van der Waals surface area contributed by atoms with E-state index in [9.17, 15) is 19.2 Å². The van der Waals surface area contributed by atoms with E-state index in [4.69, 9.17) is 0 Å². The molecule has 0 atom stereocenters. The molecule has 32 heavy (non-hydrogen) atoms. The minimum atomic E-state index is -0.182. The third-order valence-electron chi connectivity index (χ3n) is 5.72. The molecule has 0 radical (unpaired) electrons. The van der Waals surface area contributed by atoms with Crippen molar-refractivity contribution in [2.75, 3.05) is 0 Å². The van der Waals surface area contributed by atoms with Crippen LogP contribution in [0.25, 0.3) is 32.8 Å². The minimum absolute atomic E-state index is 0.140. The highest BCUT2D eigenvalue weighted by atomic mass is 16.1. The van der Waals surface area contributed by atoms with E-state index in [1.165, 1.54) is 33.9 Å². The van der Waals surface area contributed by atoms with Gasteiger partial charge in [-0.05, 0) is 33.1 Å². The Morgan fingerprint density at radius 2 is 1.03 bits per heavy atom. The Kier molecular flexibility index (Phi) is 5.26. The molecule has 0 saturated heterocycles. The average molecular weight is 423 g/mol. The van der Waals surface area contributed by atoms with Gasteiger partial charge in [-0.15, -0.1) is 0 Å². The van der Waals surface area contributed by atoms with Gasteiger partial charge in [0.2, 0.25) is 0 Å². The van der Waals surface area contributed by atoms with E-state index in [1.807, 2.05) is 12.1 Å². The van der Waals surface area contributed by atoms with Gasteiger partial charge in [0.05, 0.1) is 5.69 Å². The van der Waals surface area contributed by atoms with Crippen molar-refractivity contribution in [2.45, 2.75) is 27.7 Å². The zero-order valence-corrected chi connectivity index (χ0v) is 18.3. The second kappa shape index (κ2) is 7.93. The molecule has 0 N–H and O–H groups in total. The molecule has 158 valence electrons. The highest BCUT2D eigenvalue weighted by Gasteiger charge is 2.21. The number of hydrogen-bond donors (Lipinski definition) is 0. The van der Waals surface area contributed by atoms with Gasteiger partial charge in [0.15, 0.2) is 23.1 Å². The van der Waals surface area contributed by atoms with Gasteiger partial charge in [0, 0.05) is 50.2 Å². The minimum Gasteiger partial charge on any atom is -0.294 e. The summed E-state index contributed by atoms with van der Waals surface area (Å²) in [7, 11) is 0. The van der Waals surface area contributed by atoms with Crippen LogP contribution in [-0.4, -0.2) is 28.1 Å². The van der Waals surface area contributed by atoms with Crippen molar-refractivity contribution in [1.29, 1.82) is 0 Å². The van der Waals surface area contributed by atoms with Gasteiger partial charge in [-0.25, -0.2) is 0 Å². The van der Waals surface area contributed by atoms with E-state index < -0.39 is 0 Å². The maximum atomic E-state index is 12.3. The van der Waals surface area contributed by atoms with E-state index in [0.29, 0.717) is 55.1 Å². The summed E-state index contributed by atoms with van der Waals surface area (Å²) in [4.78, 5) is 53.9. The van der Waals surface area contributed by atoms with Gasteiger partial charge < -0.3 is 0 Å². The summed E-state index contributed by atoms with van der Waals surface area (Å²) < 4.78 is 0. The SMILES string of the molecule is CC(=O)c1cccc2c(-c3ncc(C(C)=O)c4c(C(C)=O)cccc34)ccc(C(C)=O)c12. The van der Waals surface area contributed by atoms with Gasteiger partial charge in [-0.2, -0.15) is 0 Å². The number of pyridine rings is 1. The molecule has 0 amide bonds. The van der Waals surface area contributed by atoms with E-state index in [1.54, 1.807) is 36.4 Å². The van der Waals surface area contributed by atoms with Crippen LogP contribution in [0.3, 0.4) is 0 Å². The molecule has 5 heteroatoms. The van der Waals surface area contributed by atoms with Crippen molar-refractivity contribution in [2.24, 2.45) is 0 Å². The lowest BCUT2D eigenvalue weighted by Crippen LogP contribution is -2.04. The molecule has 0 aliphatic rings. The summed E-state index contributed by atoms with van der Waals surface area (Å²) in [5.41, 5.74) is 3.05. The van der Waals surface area contributed by atoms with Crippen molar-refractivity contribution in [1.82, 2.24) is 4.98 Å². The van der Waals surface area contributed by atoms with Gasteiger partial charge >= 0.3 is 0 Å². The van der Waals surface area contributed by atoms with Gasteiger partial charge in [0.25, 0.3) is 0 Å². The summed E-state index contributed by atoms with van der Waals surface area (Å²) in [6.45, 7) is 5.86. The zero-order chi connectivity index (χ0) is 23.2. The fraction of sp³-hybridized carbons (Fsp3) is 0.148. The van der Waals surface area contributed by atoms with E-state index >= 15 is 0 Å². The number of carbonyl (C=O) groups is 4. The van der Waals surface area contributed by atoms with E-state index in [0.717, 1.165) is 0 Å². The molecule has 0 aliphatic carbocycles. The molecular weight excluding hydrogens is 402 g/mol. The number of nitrogens with zero attached hydrogens (tertiary/aromatic N) is 1. The number of fused-ring (bicyclic) bond motifs is 2. The lowest BCUT2D eigenvalue weighted by Gasteiger charge is -2.16. The van der Waals surface area contributed by atoms with Crippen molar-refractivity contribution in [3.8, 4) is 11.3 Å². The Morgan fingerprint density at radius 1 is 0.562 bits per heavy atom. The maximum absolute atomic E-state index is 12.3. The number of carbonyl (C=O) groups excluding carboxylic acids is 4. The second-order valence-corrected chi connectivity index (χ2v) is 7.86. The van der Waals surface area contributed by atoms with Crippen molar-refractivity contribution < 1.29 is 19.2 Å². The van der Waals surface area contributed by atoms with Crippen LogP contribution in [0.15, 0.2) is 54.7 Å². The lowest BCUT2D eigenvalue weighted by molar-refractivity contribution is 0.100. The second-order valence-electron chi connectivity index (χ2n) is 7.86. The maximum Gasteiger partial charge on any atom is 0.162 e. The monoisotopic (exact) mass is 423 g/mol. The van der Waals surface area contributed by atoms with Crippen LogP contribution in [0.1, 0.15) is 69.1 Å². The smallest absolute Gasteiger partial charge is 0.162 e. The first-order valence-electron chi connectivity index (χ1n) is 10.2. The molecule has 1 heterocycles. The van der Waals surface area contributed by atoms with Crippen LogP contribution >= 0.6 is 0 Å². The summed E-state index contributed by atoms with van der Waals surface area (Å²) in [5, 5.41) is 2.51. The number of rotatable bonds is 5. The lowest BCUT2D eigenvalue weighted by atomic mass is 9.89. The van der Waals surface area contributed by atoms with Gasteiger partial charge in [-0.3, -0.25) is 24.2 Å². The molecule has 0 unspecified atom stereocenters. The number of ketones is 4. The fourth-order valence-corrected chi connectivity index (χ4v) is 4.28. The summed E-state index contributed by atoms with van der Waals surface area (Å²) >= 11 is 0. The van der Waals surface area contributed by atoms with Crippen LogP contribution in [0.5, 0.6) is 0 Å². The number of Topliss-reactive ketones (excluding diaryl/α,β-unsaturated/α-hetero) is 4. The first-order valence-corrected chi connectivity index (χ1v) is 10.2. The van der Waals surface area contributed by atoms with Crippen LogP contribution in [0.2, 0.25) is 0 Å². The third-order valence-corrected chi connectivity index (χ3v) is 5.72. The molecule has 0 aliphatic heterocycles. The first-order chi connectivity index (χ1) is 15.2. The van der Waals surface area contributed by atoms with Crippen molar-refractivity contribution in [3.63, 3.8) is 0 Å². The molecule has 0 fully saturated rings. The molecule has 0 spiro atoms. The highest BCUT2D eigenvalue weighted by molar-refractivity contribution is 6.22. The molecule has 0 bridgehead atoms. The molecule has 1 aromatic heterocycles. The predicted molar refractivity (Wildman–Crippen MR) is 125 cm³/mol. The Hall–Kier alpha value is -3.99. The van der Waals surface area contributed by atoms with Crippen LogP contribution in [-0.2, 0) is 0 Å². The molecular formula is C27H21NO4. The number of aromatic nitrogens is 1. The Balaban J connectivity index is 2.19. The summed E-state index contributed by atoms with van der Waals surface area (Å²) in [6.07, 6.45) is 1.49. The summed E-state index contributed by atoms with van der Waals surface area (Å²) in [5.74, 6) is -0.609. The Labute approximate surface area is 185 Å². The molecule has 0 saturated carbocycles. The largest absolute Gasteiger partial charge is 0.294 e. The summed E-state index contributed by atoms with van der Waals surface area (Å²) in [6, 6.07) is 14.1. The highest BCUT2D eigenvalue weighted by Crippen LogP contribution is 2.37. The third kappa shape index (κ3) is 3.32. The van der Waals surface area contributed by atoms with Crippen LogP contribution in [0, 0.1) is 0 Å². The molecule has 4 aromatic rings. The van der Waals surface area contributed by atoms with Gasteiger partial charge in [-0.1, -0.05) is 48.5 Å². The predicted octanol–water partition coefficient (Wildman–Crippen LogP) is 5.87. The quantitative estimate of drug-likeness (QED) is 0.375. The van der Waals surface area contributed by atoms with Crippen LogP contribution in [0.4, 0.5) is 0 Å². The van der Waals surface area contributed by atoms with Crippen molar-refractivity contribution >= 4 is 44.7 Å². The van der Waals surface area contributed by atoms with Crippen LogP contribution < -0.4 is 0 Å². The number of benzene rings is 3. The average Bonchev–Trinajstić information content (AvgIpc) is 2.76. The van der Waals surface area contributed by atoms with Gasteiger partial charge in [0.1, 0.15) is 0 Å². The standard InChI is InChI=1S/C27H21NO4/c1-14(29)18-7-5-9-21-22(12-11-20(16(3)31)25(18)21)27-23-10-6-8-19(15(2)30)26(23)24(13-28-27)17(4)32/h5-13H,1-4H3. The van der Waals surface area contributed by atoms with E-state index in [2.05, 4.69) is 4.98 Å². The molecule has 3 aromatic carbocycles. The zero-order valence-electron chi connectivity index (χ0n) is 18.3. The topological polar surface area (TPSA) is 81.2 Å². The molecule has 5 nitrogen and oxygen atoms in total. The Bertz CT molecular complexity index is 1330. The molecule has 4 rings (SSSR count).